The molecule has 3 saturated carbocycles. The normalized spacial score (nSPS) is 48.9. The number of aliphatic carboxylic acids is 1. The van der Waals surface area contributed by atoms with E-state index < -0.39 is 17.7 Å². The van der Waals surface area contributed by atoms with Gasteiger partial charge >= 0.3 is 5.97 Å². The van der Waals surface area contributed by atoms with E-state index >= 15 is 0 Å². The van der Waals surface area contributed by atoms with Crippen LogP contribution in [-0.2, 0) is 4.79 Å². The molecule has 3 aliphatic rings. The van der Waals surface area contributed by atoms with E-state index in [4.69, 9.17) is 10.8 Å². The molecule has 4 heteroatoms. The van der Waals surface area contributed by atoms with Crippen LogP contribution in [0.2, 0.25) is 0 Å². The number of carboxylic acid groups (broad SMARTS) is 1. The molecule has 3 rings (SSSR count). The van der Waals surface area contributed by atoms with Crippen LogP contribution in [0.15, 0.2) is 0 Å². The molecule has 11 heavy (non-hydrogen) atoms. The van der Waals surface area contributed by atoms with E-state index in [2.05, 4.69) is 0 Å². The molecule has 1 atom stereocenters. The first-order valence-corrected chi connectivity index (χ1v) is 3.65. The average Bonchev–Trinajstić information content (AvgIpc) is 1.77. The van der Waals surface area contributed by atoms with Gasteiger partial charge in [-0.1, -0.05) is 0 Å². The summed E-state index contributed by atoms with van der Waals surface area (Å²) in [5, 5.41) is 8.54. The van der Waals surface area contributed by atoms with Crippen molar-refractivity contribution in [3.63, 3.8) is 0 Å². The van der Waals surface area contributed by atoms with Crippen LogP contribution in [0.5, 0.6) is 0 Å². The third-order valence-electron chi connectivity index (χ3n) is 2.93. The second-order valence-electron chi connectivity index (χ2n) is 3.86. The zero-order valence-electron chi connectivity index (χ0n) is 6.01. The van der Waals surface area contributed by atoms with Gasteiger partial charge in [-0.15, -0.1) is 0 Å². The van der Waals surface area contributed by atoms with E-state index in [1.165, 1.54) is 0 Å². The Bertz CT molecular complexity index is 209. The SMILES string of the molecule is N[C@H](C(=O)O)C12CC(F)(C1)C2. The van der Waals surface area contributed by atoms with Gasteiger partial charge in [-0.25, -0.2) is 4.39 Å². The molecule has 3 N–H and O–H groups in total. The number of hydrogen-bond acceptors (Lipinski definition) is 2. The molecule has 0 aromatic rings. The van der Waals surface area contributed by atoms with Gasteiger partial charge in [-0.2, -0.15) is 0 Å². The molecule has 0 aromatic carbocycles. The third-order valence-corrected chi connectivity index (χ3v) is 2.93. The van der Waals surface area contributed by atoms with E-state index in [0.717, 1.165) is 0 Å². The van der Waals surface area contributed by atoms with Gasteiger partial charge in [-0.3, -0.25) is 4.79 Å². The molecule has 0 unspecified atom stereocenters. The summed E-state index contributed by atoms with van der Waals surface area (Å²) in [7, 11) is 0. The summed E-state index contributed by atoms with van der Waals surface area (Å²) in [6.45, 7) is 0. The molecular weight excluding hydrogens is 149 g/mol. The van der Waals surface area contributed by atoms with E-state index in [1.807, 2.05) is 0 Å². The first-order chi connectivity index (χ1) is 4.98. The van der Waals surface area contributed by atoms with Gasteiger partial charge in [0.1, 0.15) is 11.7 Å². The fourth-order valence-corrected chi connectivity index (χ4v) is 2.33. The minimum atomic E-state index is -1.05. The van der Waals surface area contributed by atoms with Crippen molar-refractivity contribution in [3.8, 4) is 0 Å². The van der Waals surface area contributed by atoms with Crippen molar-refractivity contribution in [2.45, 2.75) is 31.0 Å². The van der Waals surface area contributed by atoms with Crippen molar-refractivity contribution in [1.29, 1.82) is 0 Å². The van der Waals surface area contributed by atoms with E-state index in [1.54, 1.807) is 0 Å². The minimum Gasteiger partial charge on any atom is -0.480 e. The lowest BCUT2D eigenvalue weighted by Gasteiger charge is -2.67. The lowest BCUT2D eigenvalue weighted by atomic mass is 9.40. The number of nitrogens with two attached hydrogens (primary N) is 1. The second-order valence-corrected chi connectivity index (χ2v) is 3.86. The van der Waals surface area contributed by atoms with Crippen LogP contribution in [0.3, 0.4) is 0 Å². The number of hydrogen-bond donors (Lipinski definition) is 2. The lowest BCUT2D eigenvalue weighted by molar-refractivity contribution is -0.227. The molecule has 3 fully saturated rings. The predicted molar refractivity (Wildman–Crippen MR) is 35.7 cm³/mol. The Labute approximate surface area is 63.4 Å². The standard InChI is InChI=1S/C7H10FNO2/c8-7-1-6(2-7,3-7)4(9)5(10)11/h4H,1-3,9H2,(H,10,11)/t4-,6?,7?/m1/s1. The Morgan fingerprint density at radius 1 is 1.55 bits per heavy atom. The fourth-order valence-electron chi connectivity index (χ4n) is 2.33. The summed E-state index contributed by atoms with van der Waals surface area (Å²) >= 11 is 0. The maximum atomic E-state index is 12.9. The second kappa shape index (κ2) is 1.58. The Morgan fingerprint density at radius 2 is 2.00 bits per heavy atom. The van der Waals surface area contributed by atoms with Crippen LogP contribution >= 0.6 is 0 Å². The molecule has 0 saturated heterocycles. The van der Waals surface area contributed by atoms with Gasteiger partial charge in [-0.05, 0) is 19.3 Å². The molecule has 0 radical (unpaired) electrons. The van der Waals surface area contributed by atoms with Crippen molar-refractivity contribution in [1.82, 2.24) is 0 Å². The zero-order chi connectivity index (χ0) is 8.28. The van der Waals surface area contributed by atoms with Crippen LogP contribution in [0, 0.1) is 5.41 Å². The Kier molecular flexibility index (Phi) is 1.01. The van der Waals surface area contributed by atoms with E-state index in [9.17, 15) is 9.18 Å². The highest BCUT2D eigenvalue weighted by atomic mass is 19.1. The third kappa shape index (κ3) is 0.677. The largest absolute Gasteiger partial charge is 0.480 e. The van der Waals surface area contributed by atoms with Crippen LogP contribution in [-0.4, -0.2) is 22.8 Å². The molecule has 62 valence electrons. The first-order valence-electron chi connectivity index (χ1n) is 3.65. The highest BCUT2D eigenvalue weighted by Gasteiger charge is 2.72. The van der Waals surface area contributed by atoms with Gasteiger partial charge in [0.05, 0.1) is 0 Å². The van der Waals surface area contributed by atoms with Crippen molar-refractivity contribution in [2.24, 2.45) is 11.1 Å². The van der Waals surface area contributed by atoms with Crippen LogP contribution in [0.1, 0.15) is 19.3 Å². The van der Waals surface area contributed by atoms with E-state index in [-0.39, 0.29) is 5.41 Å². The van der Waals surface area contributed by atoms with Gasteiger partial charge in [0, 0.05) is 5.41 Å². The number of rotatable bonds is 2. The molecule has 0 aliphatic heterocycles. The maximum Gasteiger partial charge on any atom is 0.321 e. The monoisotopic (exact) mass is 159 g/mol. The van der Waals surface area contributed by atoms with Gasteiger partial charge in [0.2, 0.25) is 0 Å². The van der Waals surface area contributed by atoms with Crippen molar-refractivity contribution < 1.29 is 14.3 Å². The molecule has 0 aromatic heterocycles. The Balaban J connectivity index is 2.04. The summed E-state index contributed by atoms with van der Waals surface area (Å²) in [6.07, 6.45) is 1.06. The van der Waals surface area contributed by atoms with Crippen molar-refractivity contribution >= 4 is 5.97 Å². The number of carboxylic acids is 1. The molecule has 2 bridgehead atoms. The highest BCUT2D eigenvalue weighted by molar-refractivity contribution is 5.75. The van der Waals surface area contributed by atoms with Crippen LogP contribution < -0.4 is 5.73 Å². The topological polar surface area (TPSA) is 63.3 Å². The molecule has 0 heterocycles. The molecule has 3 aliphatic carbocycles. The predicted octanol–water partition coefficient (Wildman–Crippen LogP) is 0.290. The van der Waals surface area contributed by atoms with Gasteiger partial charge < -0.3 is 10.8 Å². The highest BCUT2D eigenvalue weighted by Crippen LogP contribution is 2.70. The van der Waals surface area contributed by atoms with Crippen LogP contribution in [0.25, 0.3) is 0 Å². The Morgan fingerprint density at radius 3 is 2.27 bits per heavy atom. The smallest absolute Gasteiger partial charge is 0.321 e. The maximum absolute atomic E-state index is 12.9. The summed E-state index contributed by atoms with van der Waals surface area (Å²) < 4.78 is 12.9. The number of alkyl halides is 1. The van der Waals surface area contributed by atoms with Crippen molar-refractivity contribution in [2.75, 3.05) is 0 Å². The summed E-state index contributed by atoms with van der Waals surface area (Å²) in [4.78, 5) is 10.4. The zero-order valence-corrected chi connectivity index (χ0v) is 6.01. The van der Waals surface area contributed by atoms with Gasteiger partial charge in [0.25, 0.3) is 0 Å². The molecule has 3 nitrogen and oxygen atoms in total. The Hall–Kier alpha value is -0.640. The quantitative estimate of drug-likeness (QED) is 0.608. The van der Waals surface area contributed by atoms with E-state index in [0.29, 0.717) is 19.3 Å². The average molecular weight is 159 g/mol. The summed E-state index contributed by atoms with van der Waals surface area (Å²) in [5.74, 6) is -1.01. The fraction of sp³-hybridized carbons (Fsp3) is 0.857. The number of carbonyl (C=O) groups is 1. The van der Waals surface area contributed by atoms with Crippen LogP contribution in [0.4, 0.5) is 4.39 Å². The van der Waals surface area contributed by atoms with Crippen molar-refractivity contribution in [3.05, 3.63) is 0 Å². The molecular formula is C7H10FNO2. The first kappa shape index (κ1) is 7.03. The summed E-state index contributed by atoms with van der Waals surface area (Å²) in [5.41, 5.74) is 3.95. The molecule has 0 spiro atoms. The van der Waals surface area contributed by atoms with Gasteiger partial charge in [0.15, 0.2) is 0 Å². The minimum absolute atomic E-state index is 0.355. The number of halogens is 1. The lowest BCUT2D eigenvalue weighted by Crippen LogP contribution is -2.72. The summed E-state index contributed by atoms with van der Waals surface area (Å²) in [6, 6.07) is -0.861. The molecule has 0 amide bonds.